The lowest BCUT2D eigenvalue weighted by molar-refractivity contribution is 0.488. The van der Waals surface area contributed by atoms with Gasteiger partial charge in [-0.05, 0) is 35.4 Å². The van der Waals surface area contributed by atoms with E-state index in [1.807, 2.05) is 42.5 Å². The fraction of sp³-hybridized carbons (Fsp3) is 0. The molecule has 4 rings (SSSR count). The minimum Gasteiger partial charge on any atom is -0.377 e. The first-order valence-corrected chi connectivity index (χ1v) is 9.48. The monoisotopic (exact) mass is 361 g/mol. The Bertz CT molecular complexity index is 1150. The van der Waals surface area contributed by atoms with E-state index in [2.05, 4.69) is 4.98 Å². The fourth-order valence-corrected chi connectivity index (χ4v) is 3.69. The lowest BCUT2D eigenvalue weighted by atomic mass is 10.1. The zero-order valence-corrected chi connectivity index (χ0v) is 14.6. The van der Waals surface area contributed by atoms with E-state index in [1.54, 1.807) is 48.7 Å². The van der Waals surface area contributed by atoms with E-state index in [1.165, 1.54) is 0 Å². The van der Waals surface area contributed by atoms with Crippen molar-refractivity contribution in [1.29, 1.82) is 0 Å². The first-order chi connectivity index (χ1) is 12.6. The summed E-state index contributed by atoms with van der Waals surface area (Å²) in [6.45, 7) is 0. The molecule has 0 fully saturated rings. The molecule has 0 aliphatic heterocycles. The van der Waals surface area contributed by atoms with Gasteiger partial charge in [-0.1, -0.05) is 60.7 Å². The van der Waals surface area contributed by atoms with Crippen LogP contribution in [0.2, 0.25) is 0 Å². The van der Waals surface area contributed by atoms with Crippen LogP contribution in [0.15, 0.2) is 96.0 Å². The van der Waals surface area contributed by atoms with Crippen LogP contribution < -0.4 is 4.18 Å². The van der Waals surface area contributed by atoms with Crippen molar-refractivity contribution in [3.05, 3.63) is 91.1 Å². The molecule has 0 bridgehead atoms. The number of aromatic nitrogens is 1. The van der Waals surface area contributed by atoms with Gasteiger partial charge in [-0.15, -0.1) is 0 Å². The Kier molecular flexibility index (Phi) is 4.14. The molecule has 0 aliphatic carbocycles. The molecule has 0 atom stereocenters. The number of fused-ring (bicyclic) bond motifs is 1. The molecule has 128 valence electrons. The molecular weight excluding hydrogens is 346 g/mol. The quantitative estimate of drug-likeness (QED) is 0.496. The van der Waals surface area contributed by atoms with E-state index in [4.69, 9.17) is 4.18 Å². The maximum atomic E-state index is 12.6. The number of hydrogen-bond acceptors (Lipinski definition) is 4. The van der Waals surface area contributed by atoms with Gasteiger partial charge in [0.15, 0.2) is 5.75 Å². The Morgan fingerprint density at radius 3 is 2.15 bits per heavy atom. The van der Waals surface area contributed by atoms with Gasteiger partial charge in [0.25, 0.3) is 0 Å². The Morgan fingerprint density at radius 2 is 1.38 bits per heavy atom. The van der Waals surface area contributed by atoms with E-state index in [0.717, 1.165) is 16.5 Å². The number of pyridine rings is 1. The molecule has 26 heavy (non-hydrogen) atoms. The van der Waals surface area contributed by atoms with Crippen molar-refractivity contribution in [2.75, 3.05) is 0 Å². The van der Waals surface area contributed by atoms with Gasteiger partial charge in [-0.3, -0.25) is 4.98 Å². The number of nitrogens with zero attached hydrogens (tertiary/aromatic N) is 1. The van der Waals surface area contributed by atoms with Crippen molar-refractivity contribution in [3.63, 3.8) is 0 Å². The molecule has 5 heteroatoms. The highest BCUT2D eigenvalue weighted by molar-refractivity contribution is 7.87. The first kappa shape index (κ1) is 16.3. The molecule has 0 amide bonds. The van der Waals surface area contributed by atoms with Crippen LogP contribution in [-0.2, 0) is 10.1 Å². The van der Waals surface area contributed by atoms with Crippen LogP contribution in [0, 0.1) is 0 Å². The third kappa shape index (κ3) is 3.17. The predicted octanol–water partition coefficient (Wildman–Crippen LogP) is 4.67. The molecule has 0 spiro atoms. The molecule has 0 aliphatic rings. The van der Waals surface area contributed by atoms with Crippen LogP contribution in [0.1, 0.15) is 0 Å². The van der Waals surface area contributed by atoms with Crippen molar-refractivity contribution in [2.24, 2.45) is 0 Å². The summed E-state index contributed by atoms with van der Waals surface area (Å²) in [5.41, 5.74) is 2.48. The Balaban J connectivity index is 1.66. The zero-order chi connectivity index (χ0) is 18.0. The molecular formula is C21H15NO3S. The molecule has 4 nitrogen and oxygen atoms in total. The Morgan fingerprint density at radius 1 is 0.692 bits per heavy atom. The average Bonchev–Trinajstić information content (AvgIpc) is 2.69. The summed E-state index contributed by atoms with van der Waals surface area (Å²) in [6.07, 6.45) is 1.61. The third-order valence-electron chi connectivity index (χ3n) is 4.05. The third-order valence-corrected chi connectivity index (χ3v) is 5.29. The molecule has 1 aromatic heterocycles. The normalized spacial score (nSPS) is 11.4. The molecule has 3 aromatic carbocycles. The van der Waals surface area contributed by atoms with Crippen LogP contribution in [0.25, 0.3) is 22.0 Å². The van der Waals surface area contributed by atoms with E-state index in [9.17, 15) is 8.42 Å². The van der Waals surface area contributed by atoms with Gasteiger partial charge in [0.2, 0.25) is 0 Å². The smallest absolute Gasteiger partial charge is 0.339 e. The van der Waals surface area contributed by atoms with Crippen LogP contribution in [0.3, 0.4) is 0 Å². The van der Waals surface area contributed by atoms with Gasteiger partial charge in [0, 0.05) is 11.6 Å². The second kappa shape index (κ2) is 6.61. The van der Waals surface area contributed by atoms with Gasteiger partial charge in [-0.25, -0.2) is 0 Å². The van der Waals surface area contributed by atoms with E-state index < -0.39 is 10.1 Å². The highest BCUT2D eigenvalue weighted by atomic mass is 32.2. The van der Waals surface area contributed by atoms with Gasteiger partial charge in [-0.2, -0.15) is 8.42 Å². The van der Waals surface area contributed by atoms with Gasteiger partial charge < -0.3 is 4.18 Å². The second-order valence-electron chi connectivity index (χ2n) is 5.76. The van der Waals surface area contributed by atoms with Crippen molar-refractivity contribution in [1.82, 2.24) is 4.98 Å². The van der Waals surface area contributed by atoms with Crippen LogP contribution >= 0.6 is 0 Å². The molecule has 0 unspecified atom stereocenters. The number of hydrogen-bond donors (Lipinski definition) is 0. The number of benzene rings is 3. The van der Waals surface area contributed by atoms with Gasteiger partial charge in [0.1, 0.15) is 10.4 Å². The zero-order valence-electron chi connectivity index (χ0n) is 13.7. The summed E-state index contributed by atoms with van der Waals surface area (Å²) < 4.78 is 30.6. The molecule has 0 radical (unpaired) electrons. The minimum absolute atomic E-state index is 0.102. The Hall–Kier alpha value is -3.18. The standard InChI is InChI=1S/C21H15NO3S/c23-26(24,25-20-10-4-8-18-9-5-15-22-21(18)20)19-13-11-17(12-14-19)16-6-2-1-3-7-16/h1-15H. The molecule has 0 N–H and O–H groups in total. The number of para-hydroxylation sites is 1. The summed E-state index contributed by atoms with van der Waals surface area (Å²) >= 11 is 0. The van der Waals surface area contributed by atoms with Crippen molar-refractivity contribution in [3.8, 4) is 16.9 Å². The summed E-state index contributed by atoms with van der Waals surface area (Å²) in [5.74, 6) is 0.218. The average molecular weight is 361 g/mol. The van der Waals surface area contributed by atoms with E-state index in [0.29, 0.717) is 5.52 Å². The number of rotatable bonds is 4. The van der Waals surface area contributed by atoms with Gasteiger partial charge in [0.05, 0.1) is 0 Å². The Labute approximate surface area is 151 Å². The van der Waals surface area contributed by atoms with Crippen LogP contribution in [0.5, 0.6) is 5.75 Å². The molecule has 4 aromatic rings. The van der Waals surface area contributed by atoms with E-state index >= 15 is 0 Å². The summed E-state index contributed by atoms with van der Waals surface area (Å²) in [7, 11) is -3.94. The largest absolute Gasteiger partial charge is 0.377 e. The van der Waals surface area contributed by atoms with Crippen LogP contribution in [0.4, 0.5) is 0 Å². The fourth-order valence-electron chi connectivity index (χ4n) is 2.75. The molecule has 0 saturated heterocycles. The summed E-state index contributed by atoms with van der Waals surface area (Å²) in [4.78, 5) is 4.33. The highest BCUT2D eigenvalue weighted by Crippen LogP contribution is 2.27. The SMILES string of the molecule is O=S(=O)(Oc1cccc2cccnc12)c1ccc(-c2ccccc2)cc1. The lowest BCUT2D eigenvalue weighted by Crippen LogP contribution is -2.10. The highest BCUT2D eigenvalue weighted by Gasteiger charge is 2.18. The predicted molar refractivity (Wildman–Crippen MR) is 101 cm³/mol. The minimum atomic E-state index is -3.94. The molecule has 1 heterocycles. The molecule has 0 saturated carbocycles. The van der Waals surface area contributed by atoms with Crippen molar-refractivity contribution >= 4 is 21.0 Å². The summed E-state index contributed by atoms with van der Waals surface area (Å²) in [5, 5.41) is 0.819. The van der Waals surface area contributed by atoms with Crippen molar-refractivity contribution < 1.29 is 12.6 Å². The topological polar surface area (TPSA) is 56.3 Å². The van der Waals surface area contributed by atoms with Crippen LogP contribution in [-0.4, -0.2) is 13.4 Å². The van der Waals surface area contributed by atoms with Crippen molar-refractivity contribution in [2.45, 2.75) is 4.90 Å². The van der Waals surface area contributed by atoms with E-state index in [-0.39, 0.29) is 10.6 Å². The second-order valence-corrected chi connectivity index (χ2v) is 7.31. The first-order valence-electron chi connectivity index (χ1n) is 8.07. The lowest BCUT2D eigenvalue weighted by Gasteiger charge is -2.09. The maximum absolute atomic E-state index is 12.6. The maximum Gasteiger partial charge on any atom is 0.339 e. The van der Waals surface area contributed by atoms with Gasteiger partial charge >= 0.3 is 10.1 Å². The summed E-state index contributed by atoms with van der Waals surface area (Å²) in [6, 6.07) is 25.3.